The number of hydrogen-bond acceptors (Lipinski definition) is 18. The lowest BCUT2D eigenvalue weighted by Gasteiger charge is -2.29. The highest BCUT2D eigenvalue weighted by Crippen LogP contribution is 2.21. The number of H-pyrrole nitrogens is 1. The Hall–Kier alpha value is -9.60. The normalized spacial score (nSPS) is 15.3. The molecular formula is C74H118N16O17. The summed E-state index contributed by atoms with van der Waals surface area (Å²) in [5.41, 5.74) is 19.5. The van der Waals surface area contributed by atoms with E-state index in [0.29, 0.717) is 54.1 Å². The zero-order valence-corrected chi connectivity index (χ0v) is 63.4. The fourth-order valence-electron chi connectivity index (χ4n) is 11.5. The molecule has 0 aliphatic carbocycles. The molecule has 0 saturated carbocycles. The Labute approximate surface area is 626 Å². The molecule has 0 saturated heterocycles. The summed E-state index contributed by atoms with van der Waals surface area (Å²) in [6.45, 7) is 15.7. The summed E-state index contributed by atoms with van der Waals surface area (Å²) in [7, 11) is 0. The molecule has 0 fully saturated rings. The van der Waals surface area contributed by atoms with Gasteiger partial charge in [-0.2, -0.15) is 0 Å². The zero-order chi connectivity index (χ0) is 80.0. The maximum Gasteiger partial charge on any atom is 0.326 e. The predicted octanol–water partition coefficient (Wildman–Crippen LogP) is -0.209. The van der Waals surface area contributed by atoms with Crippen LogP contribution in [0.5, 0.6) is 0 Å². The number of amides is 12. The number of fused-ring (bicyclic) bond motifs is 1. The molecule has 107 heavy (non-hydrogen) atoms. The SMILES string of the molecule is CC[C@H](C)[C@H](N)C(=O)N[C@@H](CC(C)C)C(=O)NCC(=O)N[C@@H](CCCCN)C(=O)N[C@H](C(=O)N[C@@H](Cc1c[nH]c2ccccc12)C(=O)N[C@@H](CCC(=O)O)C(=O)NCC(=O)N[C@H](C(=O)N[C@@H](CCCCN)C(=O)N[C@@H](CO)C(=O)N[C@@H](CC(C)C)C(=O)N[C@@H](Cc1ccccc1)C(=O)O)[C@@H](C)CC)[C@@H](C)CC. The van der Waals surface area contributed by atoms with Gasteiger partial charge < -0.3 is 101 Å². The van der Waals surface area contributed by atoms with Crippen LogP contribution in [0, 0.1) is 29.6 Å². The summed E-state index contributed by atoms with van der Waals surface area (Å²) in [4.78, 5) is 195. The quantitative estimate of drug-likeness (QED) is 0.0325. The van der Waals surface area contributed by atoms with Gasteiger partial charge in [-0.1, -0.05) is 137 Å². The lowest BCUT2D eigenvalue weighted by molar-refractivity contribution is -0.142. The Kier molecular flexibility index (Phi) is 41.0. The van der Waals surface area contributed by atoms with Gasteiger partial charge in [0.05, 0.1) is 25.7 Å². The molecule has 0 aliphatic heterocycles. The largest absolute Gasteiger partial charge is 0.481 e. The molecule has 22 N–H and O–H groups in total. The molecule has 33 nitrogen and oxygen atoms in total. The number of aliphatic hydroxyl groups excluding tert-OH is 1. The molecule has 596 valence electrons. The first-order chi connectivity index (χ1) is 50.7. The summed E-state index contributed by atoms with van der Waals surface area (Å²) in [6.07, 6.45) is 3.07. The number of rotatable bonds is 51. The number of aromatic nitrogens is 1. The Balaban J connectivity index is 1.88. The second-order valence-corrected chi connectivity index (χ2v) is 28.2. The summed E-state index contributed by atoms with van der Waals surface area (Å²) in [5.74, 6) is -14.6. The highest BCUT2D eigenvalue weighted by molar-refractivity contribution is 5.99. The Morgan fingerprint density at radius 2 is 0.850 bits per heavy atom. The van der Waals surface area contributed by atoms with Crippen molar-refractivity contribution in [2.75, 3.05) is 32.8 Å². The lowest BCUT2D eigenvalue weighted by Crippen LogP contribution is -2.61. The summed E-state index contributed by atoms with van der Waals surface area (Å²) in [6, 6.07) is 0.713. The van der Waals surface area contributed by atoms with E-state index < -0.39 is 194 Å². The minimum atomic E-state index is -1.68. The van der Waals surface area contributed by atoms with Crippen molar-refractivity contribution in [3.8, 4) is 0 Å². The molecule has 0 spiro atoms. The van der Waals surface area contributed by atoms with Crippen molar-refractivity contribution in [3.05, 3.63) is 71.9 Å². The van der Waals surface area contributed by atoms with Crippen LogP contribution in [0.2, 0.25) is 0 Å². The number of nitrogens with one attached hydrogen (secondary N) is 13. The van der Waals surface area contributed by atoms with E-state index in [4.69, 9.17) is 17.2 Å². The number of para-hydroxylation sites is 1. The predicted molar refractivity (Wildman–Crippen MR) is 400 cm³/mol. The van der Waals surface area contributed by atoms with E-state index in [1.54, 1.807) is 102 Å². The molecule has 0 unspecified atom stereocenters. The number of benzene rings is 2. The van der Waals surface area contributed by atoms with E-state index in [1.165, 1.54) is 0 Å². The van der Waals surface area contributed by atoms with E-state index >= 15 is 0 Å². The van der Waals surface area contributed by atoms with Gasteiger partial charge in [0.1, 0.15) is 60.4 Å². The molecule has 3 rings (SSSR count). The number of carbonyl (C=O) groups is 14. The van der Waals surface area contributed by atoms with Crippen molar-refractivity contribution in [3.63, 3.8) is 0 Å². The molecule has 0 aliphatic rings. The van der Waals surface area contributed by atoms with E-state index in [2.05, 4.69) is 68.8 Å². The second-order valence-electron chi connectivity index (χ2n) is 28.2. The minimum absolute atomic E-state index is 0.0346. The van der Waals surface area contributed by atoms with Crippen LogP contribution in [0.3, 0.4) is 0 Å². The van der Waals surface area contributed by atoms with Crippen LogP contribution in [0.25, 0.3) is 10.9 Å². The van der Waals surface area contributed by atoms with Crippen LogP contribution in [0.1, 0.15) is 164 Å². The van der Waals surface area contributed by atoms with Crippen molar-refractivity contribution in [1.29, 1.82) is 0 Å². The minimum Gasteiger partial charge on any atom is -0.481 e. The standard InChI is InChI=1S/C74H118N16O17/c1-11-43(8)61(77)71(103)85-53(33-41(4)5)65(97)80-38-58(92)81-50(27-19-21-31-75)67(99)90-63(45(10)13-3)73(105)86-55(36-47-37-78-49-26-18-17-25-48(47)49)69(101)82-52(29-30-60(94)95)64(96)79-39-59(93)89-62(44(9)12-2)72(104)83-51(28-20-22-32-76)66(98)88-57(40-91)70(102)84-54(34-42(6)7)68(100)87-56(74(106)107)35-46-23-15-14-16-24-46/h14-18,23-26,37,41-45,50-57,61-63,78,91H,11-13,19-22,27-36,38-40,75-77H2,1-10H3,(H,79,96)(H,80,97)(H,81,92)(H,82,101)(H,83,104)(H,84,102)(H,85,103)(H,86,105)(H,87,100)(H,88,98)(H,89,93)(H,90,99)(H,94,95)(H,106,107)/t43-,44-,45-,50-,51-,52-,53-,54-,55-,56-,57-,61-,62-,63-/m0/s1. The third kappa shape index (κ3) is 32.2. The number of hydrogen-bond donors (Lipinski definition) is 19. The highest BCUT2D eigenvalue weighted by atomic mass is 16.4. The van der Waals surface area contributed by atoms with Gasteiger partial charge in [-0.15, -0.1) is 0 Å². The highest BCUT2D eigenvalue weighted by Gasteiger charge is 2.38. The first-order valence-corrected chi connectivity index (χ1v) is 37.1. The Morgan fingerprint density at radius 1 is 0.430 bits per heavy atom. The van der Waals surface area contributed by atoms with Gasteiger partial charge in [-0.25, -0.2) is 4.79 Å². The second kappa shape index (κ2) is 47.9. The molecular weight excluding hydrogens is 1380 g/mol. The van der Waals surface area contributed by atoms with Gasteiger partial charge >= 0.3 is 11.9 Å². The van der Waals surface area contributed by atoms with Gasteiger partial charge in [0.2, 0.25) is 70.9 Å². The van der Waals surface area contributed by atoms with Crippen LogP contribution in [-0.4, -0.2) is 202 Å². The lowest BCUT2D eigenvalue weighted by atomic mass is 9.96. The zero-order valence-electron chi connectivity index (χ0n) is 63.4. The fraction of sp³-hybridized carbons (Fsp3) is 0.622. The summed E-state index contributed by atoms with van der Waals surface area (Å²) >= 11 is 0. The molecule has 0 radical (unpaired) electrons. The number of aliphatic hydroxyl groups is 1. The number of aliphatic carboxylic acids is 2. The van der Waals surface area contributed by atoms with E-state index in [-0.39, 0.29) is 82.2 Å². The number of nitrogens with two attached hydrogens (primary N) is 3. The van der Waals surface area contributed by atoms with Gasteiger partial charge in [-0.05, 0) is 118 Å². The van der Waals surface area contributed by atoms with Crippen LogP contribution in [0.4, 0.5) is 0 Å². The molecule has 12 amide bonds. The molecule has 33 heteroatoms. The third-order valence-corrected chi connectivity index (χ3v) is 18.6. The Morgan fingerprint density at radius 3 is 1.38 bits per heavy atom. The maximum atomic E-state index is 14.8. The average Bonchev–Trinajstić information content (AvgIpc) is 1.71. The number of aromatic amines is 1. The smallest absolute Gasteiger partial charge is 0.326 e. The number of unbranched alkanes of at least 4 members (excludes halogenated alkanes) is 2. The van der Waals surface area contributed by atoms with Crippen molar-refractivity contribution in [2.45, 2.75) is 232 Å². The van der Waals surface area contributed by atoms with Gasteiger partial charge in [0.15, 0.2) is 0 Å². The van der Waals surface area contributed by atoms with Crippen molar-refractivity contribution >= 4 is 93.7 Å². The van der Waals surface area contributed by atoms with Crippen LogP contribution < -0.4 is 81.0 Å². The van der Waals surface area contributed by atoms with Gasteiger partial charge in [0.25, 0.3) is 0 Å². The number of carboxylic acid groups (broad SMARTS) is 2. The molecule has 3 aromatic rings. The van der Waals surface area contributed by atoms with Gasteiger partial charge in [-0.3, -0.25) is 62.3 Å². The topological polar surface area (TPSA) is 538 Å². The Bertz CT molecular complexity index is 3410. The summed E-state index contributed by atoms with van der Waals surface area (Å²) in [5, 5.41) is 61.9. The number of carbonyl (C=O) groups excluding carboxylic acids is 12. The monoisotopic (exact) mass is 1500 g/mol. The molecule has 0 bridgehead atoms. The van der Waals surface area contributed by atoms with Crippen molar-refractivity contribution in [2.24, 2.45) is 46.8 Å². The van der Waals surface area contributed by atoms with Gasteiger partial charge in [0, 0.05) is 36.4 Å². The van der Waals surface area contributed by atoms with Crippen LogP contribution in [-0.2, 0) is 80.0 Å². The molecule has 1 heterocycles. The summed E-state index contributed by atoms with van der Waals surface area (Å²) < 4.78 is 0. The number of carboxylic acids is 2. The third-order valence-electron chi connectivity index (χ3n) is 18.6. The first-order valence-electron chi connectivity index (χ1n) is 37.1. The molecule has 2 aromatic carbocycles. The van der Waals surface area contributed by atoms with E-state index in [0.717, 1.165) is 0 Å². The van der Waals surface area contributed by atoms with Crippen molar-refractivity contribution < 1.29 is 82.4 Å². The molecule has 1 aromatic heterocycles. The average molecular weight is 1500 g/mol. The van der Waals surface area contributed by atoms with E-state index in [9.17, 15) is 82.4 Å². The van der Waals surface area contributed by atoms with Crippen LogP contribution >= 0.6 is 0 Å². The van der Waals surface area contributed by atoms with Crippen LogP contribution in [0.15, 0.2) is 60.8 Å². The van der Waals surface area contributed by atoms with E-state index in [1.807, 2.05) is 27.7 Å². The fourth-order valence-corrected chi connectivity index (χ4v) is 11.5. The first kappa shape index (κ1) is 91.6. The van der Waals surface area contributed by atoms with Crippen molar-refractivity contribution in [1.82, 2.24) is 68.8 Å². The maximum absolute atomic E-state index is 14.8. The molecule has 14 atom stereocenters.